The topological polar surface area (TPSA) is 50.4 Å². The van der Waals surface area contributed by atoms with Gasteiger partial charge in [-0.05, 0) is 19.2 Å². The first kappa shape index (κ1) is 13.7. The van der Waals surface area contributed by atoms with Crippen LogP contribution in [0.25, 0.3) is 0 Å². The average molecular weight is 261 g/mol. The monoisotopic (exact) mass is 260 g/mol. The lowest BCUT2D eigenvalue weighted by Gasteiger charge is -2.07. The van der Waals surface area contributed by atoms with Crippen molar-refractivity contribution in [2.75, 3.05) is 26.7 Å². The number of hydrogen-bond acceptors (Lipinski definition) is 3. The van der Waals surface area contributed by atoms with Crippen LogP contribution in [0.3, 0.4) is 0 Å². The van der Waals surface area contributed by atoms with Gasteiger partial charge in [-0.15, -0.1) is 0 Å². The van der Waals surface area contributed by atoms with Crippen molar-refractivity contribution in [2.24, 2.45) is 0 Å². The molecule has 0 saturated carbocycles. The van der Waals surface area contributed by atoms with E-state index in [-0.39, 0.29) is 17.5 Å². The van der Waals surface area contributed by atoms with Crippen LogP contribution < -0.4 is 15.4 Å². The molecule has 0 aliphatic carbocycles. The van der Waals surface area contributed by atoms with E-state index in [0.29, 0.717) is 18.8 Å². The highest BCUT2D eigenvalue weighted by molar-refractivity contribution is 6.30. The summed E-state index contributed by atoms with van der Waals surface area (Å²) in [5, 5.41) is 5.51. The van der Waals surface area contributed by atoms with Gasteiger partial charge in [0.15, 0.2) is 6.61 Å². The zero-order valence-electron chi connectivity index (χ0n) is 9.43. The smallest absolute Gasteiger partial charge is 0.257 e. The molecule has 1 aromatic rings. The molecule has 6 heteroatoms. The van der Waals surface area contributed by atoms with E-state index >= 15 is 0 Å². The second-order valence-electron chi connectivity index (χ2n) is 3.32. The number of carbonyl (C=O) groups is 1. The Balaban J connectivity index is 2.34. The summed E-state index contributed by atoms with van der Waals surface area (Å²) in [4.78, 5) is 11.3. The Morgan fingerprint density at radius 3 is 2.88 bits per heavy atom. The molecule has 1 aromatic carbocycles. The van der Waals surface area contributed by atoms with Crippen molar-refractivity contribution in [1.82, 2.24) is 10.6 Å². The zero-order valence-corrected chi connectivity index (χ0v) is 10.2. The van der Waals surface area contributed by atoms with Crippen molar-refractivity contribution in [3.05, 3.63) is 29.0 Å². The van der Waals surface area contributed by atoms with E-state index in [1.54, 1.807) is 7.05 Å². The van der Waals surface area contributed by atoms with E-state index in [9.17, 15) is 9.18 Å². The molecule has 0 radical (unpaired) electrons. The summed E-state index contributed by atoms with van der Waals surface area (Å²) in [6.07, 6.45) is 0. The van der Waals surface area contributed by atoms with Gasteiger partial charge in [0, 0.05) is 19.2 Å². The number of rotatable bonds is 6. The van der Waals surface area contributed by atoms with Gasteiger partial charge in [-0.25, -0.2) is 4.39 Å². The predicted octanol–water partition coefficient (Wildman–Crippen LogP) is 1.19. The highest BCUT2D eigenvalue weighted by atomic mass is 35.5. The Bertz CT molecular complexity index is 388. The number of hydrogen-bond donors (Lipinski definition) is 2. The fourth-order valence-electron chi connectivity index (χ4n) is 1.09. The molecular weight excluding hydrogens is 247 g/mol. The van der Waals surface area contributed by atoms with Crippen molar-refractivity contribution < 1.29 is 13.9 Å². The minimum absolute atomic E-state index is 0.0295. The first-order chi connectivity index (χ1) is 8.13. The molecule has 1 rings (SSSR count). The number of likely N-dealkylation sites (N-methyl/N-ethyl adjacent to an activating group) is 1. The maximum Gasteiger partial charge on any atom is 0.257 e. The van der Waals surface area contributed by atoms with E-state index in [1.165, 1.54) is 18.2 Å². The van der Waals surface area contributed by atoms with Gasteiger partial charge in [0.1, 0.15) is 11.6 Å². The number of ether oxygens (including phenoxy) is 1. The molecule has 0 saturated heterocycles. The Kier molecular flexibility index (Phi) is 5.72. The van der Waals surface area contributed by atoms with E-state index < -0.39 is 5.82 Å². The molecular formula is C11H14ClFN2O2. The molecule has 0 heterocycles. The molecule has 4 nitrogen and oxygen atoms in total. The molecule has 1 amide bonds. The number of nitrogens with one attached hydrogen (secondary N) is 2. The van der Waals surface area contributed by atoms with Crippen LogP contribution in [0.4, 0.5) is 4.39 Å². The number of halogens is 2. The van der Waals surface area contributed by atoms with Gasteiger partial charge in [-0.2, -0.15) is 0 Å². The molecule has 0 bridgehead atoms. The minimum Gasteiger partial charge on any atom is -0.484 e. The van der Waals surface area contributed by atoms with Gasteiger partial charge < -0.3 is 15.4 Å². The van der Waals surface area contributed by atoms with E-state index in [0.717, 1.165) is 0 Å². The quantitative estimate of drug-likeness (QED) is 0.756. The van der Waals surface area contributed by atoms with Crippen LogP contribution >= 0.6 is 11.6 Å². The molecule has 2 N–H and O–H groups in total. The Morgan fingerprint density at radius 2 is 2.24 bits per heavy atom. The zero-order chi connectivity index (χ0) is 12.7. The SMILES string of the molecule is CNCCNC(=O)COc1ccc(F)c(Cl)c1. The van der Waals surface area contributed by atoms with Crippen LogP contribution in [0, 0.1) is 5.82 Å². The van der Waals surface area contributed by atoms with Gasteiger partial charge in [-0.3, -0.25) is 4.79 Å². The van der Waals surface area contributed by atoms with Gasteiger partial charge >= 0.3 is 0 Å². The van der Waals surface area contributed by atoms with Gasteiger partial charge in [0.05, 0.1) is 5.02 Å². The van der Waals surface area contributed by atoms with Gasteiger partial charge in [-0.1, -0.05) is 11.6 Å². The van der Waals surface area contributed by atoms with E-state index in [2.05, 4.69) is 10.6 Å². The molecule has 94 valence electrons. The third-order valence-electron chi connectivity index (χ3n) is 1.96. The van der Waals surface area contributed by atoms with Crippen LogP contribution in [0.5, 0.6) is 5.75 Å². The Labute approximate surface area is 104 Å². The summed E-state index contributed by atoms with van der Waals surface area (Å²) < 4.78 is 18.0. The summed E-state index contributed by atoms with van der Waals surface area (Å²) in [7, 11) is 1.79. The summed E-state index contributed by atoms with van der Waals surface area (Å²) in [5.74, 6) is -0.390. The standard InChI is InChI=1S/C11H14ClFN2O2/c1-14-4-5-15-11(16)7-17-8-2-3-10(13)9(12)6-8/h2-3,6,14H,4-5,7H2,1H3,(H,15,16). The van der Waals surface area contributed by atoms with Crippen molar-refractivity contribution in [3.63, 3.8) is 0 Å². The number of amides is 1. The summed E-state index contributed by atoms with van der Waals surface area (Å²) in [6.45, 7) is 1.10. The maximum atomic E-state index is 12.8. The molecule has 0 spiro atoms. The highest BCUT2D eigenvalue weighted by Crippen LogP contribution is 2.20. The maximum absolute atomic E-state index is 12.8. The van der Waals surface area contributed by atoms with E-state index in [1.807, 2.05) is 0 Å². The molecule has 0 fully saturated rings. The van der Waals surface area contributed by atoms with Crippen LogP contribution in [0.2, 0.25) is 5.02 Å². The Morgan fingerprint density at radius 1 is 1.47 bits per heavy atom. The fraction of sp³-hybridized carbons (Fsp3) is 0.364. The van der Waals surface area contributed by atoms with Gasteiger partial charge in [0.25, 0.3) is 5.91 Å². The van der Waals surface area contributed by atoms with E-state index in [4.69, 9.17) is 16.3 Å². The number of carbonyl (C=O) groups excluding carboxylic acids is 1. The fourth-order valence-corrected chi connectivity index (χ4v) is 1.26. The lowest BCUT2D eigenvalue weighted by atomic mass is 10.3. The van der Waals surface area contributed by atoms with Gasteiger partial charge in [0.2, 0.25) is 0 Å². The predicted molar refractivity (Wildman–Crippen MR) is 63.8 cm³/mol. The lowest BCUT2D eigenvalue weighted by molar-refractivity contribution is -0.123. The largest absolute Gasteiger partial charge is 0.484 e. The van der Waals surface area contributed by atoms with Crippen LogP contribution in [-0.4, -0.2) is 32.7 Å². The van der Waals surface area contributed by atoms with Crippen LogP contribution in [0.15, 0.2) is 18.2 Å². The molecule has 17 heavy (non-hydrogen) atoms. The second-order valence-corrected chi connectivity index (χ2v) is 3.73. The van der Waals surface area contributed by atoms with Crippen molar-refractivity contribution in [3.8, 4) is 5.75 Å². The first-order valence-electron chi connectivity index (χ1n) is 5.12. The van der Waals surface area contributed by atoms with Crippen LogP contribution in [0.1, 0.15) is 0 Å². The summed E-state index contributed by atoms with van der Waals surface area (Å²) in [6, 6.07) is 3.94. The molecule has 0 aliphatic rings. The van der Waals surface area contributed by atoms with Crippen LogP contribution in [-0.2, 0) is 4.79 Å². The molecule has 0 unspecified atom stereocenters. The normalized spacial score (nSPS) is 10.1. The van der Waals surface area contributed by atoms with Crippen molar-refractivity contribution in [1.29, 1.82) is 0 Å². The second kappa shape index (κ2) is 7.09. The Hall–Kier alpha value is -1.33. The molecule has 0 atom stereocenters. The molecule has 0 aromatic heterocycles. The average Bonchev–Trinajstić information content (AvgIpc) is 2.31. The summed E-state index contributed by atoms with van der Waals surface area (Å²) in [5.41, 5.74) is 0. The van der Waals surface area contributed by atoms with Crippen molar-refractivity contribution >= 4 is 17.5 Å². The first-order valence-corrected chi connectivity index (χ1v) is 5.50. The molecule has 0 aliphatic heterocycles. The van der Waals surface area contributed by atoms with Crippen molar-refractivity contribution in [2.45, 2.75) is 0 Å². The lowest BCUT2D eigenvalue weighted by Crippen LogP contribution is -2.33. The third kappa shape index (κ3) is 5.01. The highest BCUT2D eigenvalue weighted by Gasteiger charge is 2.04. The third-order valence-corrected chi connectivity index (χ3v) is 2.25. The summed E-state index contributed by atoms with van der Waals surface area (Å²) >= 11 is 5.57. The minimum atomic E-state index is -0.516. The number of benzene rings is 1.